The summed E-state index contributed by atoms with van der Waals surface area (Å²) in [5.74, 6) is 0.408. The van der Waals surface area contributed by atoms with Crippen molar-refractivity contribution in [2.24, 2.45) is 5.92 Å². The standard InChI is InChI=1S/C22H23FN2OS2/c1-4-11-25-21(26)19-17-10-5-13(2)12-18(17)28-20(19)24-22(25)27-14(3)15-6-8-16(23)9-7-15/h4,6-9,13-14H,1,5,10-12H2,2-3H3/t13-,14-/m0/s1. The van der Waals surface area contributed by atoms with Gasteiger partial charge in [0, 0.05) is 16.7 Å². The Labute approximate surface area is 172 Å². The van der Waals surface area contributed by atoms with Crippen molar-refractivity contribution in [1.82, 2.24) is 9.55 Å². The van der Waals surface area contributed by atoms with Crippen LogP contribution in [0, 0.1) is 11.7 Å². The first-order valence-corrected chi connectivity index (χ1v) is 11.3. The molecule has 1 aliphatic carbocycles. The molecule has 146 valence electrons. The molecule has 0 saturated heterocycles. The van der Waals surface area contributed by atoms with E-state index in [2.05, 4.69) is 13.5 Å². The first kappa shape index (κ1) is 19.4. The summed E-state index contributed by atoms with van der Waals surface area (Å²) in [4.78, 5) is 20.4. The van der Waals surface area contributed by atoms with Crippen LogP contribution < -0.4 is 5.56 Å². The molecule has 1 aliphatic rings. The third-order valence-electron chi connectivity index (χ3n) is 5.31. The van der Waals surface area contributed by atoms with Gasteiger partial charge in [-0.05, 0) is 55.4 Å². The fourth-order valence-corrected chi connectivity index (χ4v) is 6.21. The molecule has 0 unspecified atom stereocenters. The Hall–Kier alpha value is -1.92. The molecule has 0 radical (unpaired) electrons. The topological polar surface area (TPSA) is 34.9 Å². The molecule has 0 bridgehead atoms. The number of fused-ring (bicyclic) bond motifs is 3. The normalized spacial score (nSPS) is 17.5. The molecule has 3 aromatic rings. The summed E-state index contributed by atoms with van der Waals surface area (Å²) in [5.41, 5.74) is 2.24. The van der Waals surface area contributed by atoms with Gasteiger partial charge in [0.1, 0.15) is 10.6 Å². The molecular formula is C22H23FN2OS2. The first-order valence-electron chi connectivity index (χ1n) is 9.56. The molecule has 4 rings (SSSR count). The minimum atomic E-state index is -0.248. The van der Waals surface area contributed by atoms with Gasteiger partial charge in [-0.15, -0.1) is 17.9 Å². The van der Waals surface area contributed by atoms with Crippen LogP contribution in [0.2, 0.25) is 0 Å². The summed E-state index contributed by atoms with van der Waals surface area (Å²) in [5, 5.41) is 1.55. The highest BCUT2D eigenvalue weighted by molar-refractivity contribution is 7.99. The van der Waals surface area contributed by atoms with Crippen LogP contribution in [0.15, 0.2) is 46.9 Å². The average Bonchev–Trinajstić information content (AvgIpc) is 3.02. The summed E-state index contributed by atoms with van der Waals surface area (Å²) in [6, 6.07) is 6.50. The van der Waals surface area contributed by atoms with Crippen molar-refractivity contribution in [2.75, 3.05) is 0 Å². The highest BCUT2D eigenvalue weighted by Crippen LogP contribution is 2.38. The Balaban J connectivity index is 1.79. The van der Waals surface area contributed by atoms with E-state index in [1.54, 1.807) is 34.1 Å². The Bertz CT molecular complexity index is 1080. The number of allylic oxidation sites excluding steroid dienone is 1. The largest absolute Gasteiger partial charge is 0.283 e. The maximum atomic E-state index is 13.3. The number of rotatable bonds is 5. The van der Waals surface area contributed by atoms with Crippen LogP contribution in [0.1, 0.15) is 41.5 Å². The smallest absolute Gasteiger partial charge is 0.263 e. The van der Waals surface area contributed by atoms with Crippen LogP contribution >= 0.6 is 23.1 Å². The lowest BCUT2D eigenvalue weighted by molar-refractivity contribution is 0.509. The number of aryl methyl sites for hydroxylation is 1. The van der Waals surface area contributed by atoms with Crippen LogP contribution in [-0.4, -0.2) is 9.55 Å². The number of thioether (sulfide) groups is 1. The minimum Gasteiger partial charge on any atom is -0.283 e. The van der Waals surface area contributed by atoms with E-state index in [4.69, 9.17) is 4.98 Å². The van der Waals surface area contributed by atoms with E-state index < -0.39 is 0 Å². The lowest BCUT2D eigenvalue weighted by atomic mass is 9.89. The summed E-state index contributed by atoms with van der Waals surface area (Å²) in [6.07, 6.45) is 4.85. The number of hydrogen-bond acceptors (Lipinski definition) is 4. The van der Waals surface area contributed by atoms with E-state index in [1.165, 1.54) is 34.3 Å². The number of aromatic nitrogens is 2. The Morgan fingerprint density at radius 3 is 2.89 bits per heavy atom. The fourth-order valence-electron chi connectivity index (χ4n) is 3.74. The average molecular weight is 415 g/mol. The Morgan fingerprint density at radius 2 is 2.18 bits per heavy atom. The zero-order valence-electron chi connectivity index (χ0n) is 16.1. The van der Waals surface area contributed by atoms with Gasteiger partial charge >= 0.3 is 0 Å². The molecule has 0 saturated carbocycles. The number of benzene rings is 1. The first-order chi connectivity index (χ1) is 13.5. The van der Waals surface area contributed by atoms with Gasteiger partial charge in [-0.2, -0.15) is 0 Å². The van der Waals surface area contributed by atoms with Crippen LogP contribution in [0.5, 0.6) is 0 Å². The van der Waals surface area contributed by atoms with E-state index in [0.717, 1.165) is 35.0 Å². The van der Waals surface area contributed by atoms with Gasteiger partial charge < -0.3 is 0 Å². The molecule has 0 N–H and O–H groups in total. The molecule has 0 spiro atoms. The number of nitrogens with zero attached hydrogens (tertiary/aromatic N) is 2. The maximum Gasteiger partial charge on any atom is 0.263 e. The second-order valence-corrected chi connectivity index (χ2v) is 9.83. The molecule has 0 aliphatic heterocycles. The van der Waals surface area contributed by atoms with Crippen LogP contribution in [0.25, 0.3) is 10.2 Å². The van der Waals surface area contributed by atoms with Gasteiger partial charge in [0.25, 0.3) is 5.56 Å². The molecule has 28 heavy (non-hydrogen) atoms. The van der Waals surface area contributed by atoms with E-state index >= 15 is 0 Å². The zero-order chi connectivity index (χ0) is 19.8. The SMILES string of the molecule is C=CCn1c(S[C@@H](C)c2ccc(F)cc2)nc2sc3c(c2c1=O)CC[C@H](C)C3. The van der Waals surface area contributed by atoms with Crippen molar-refractivity contribution < 1.29 is 4.39 Å². The highest BCUT2D eigenvalue weighted by Gasteiger charge is 2.25. The predicted octanol–water partition coefficient (Wildman–Crippen LogP) is 5.76. The van der Waals surface area contributed by atoms with Crippen molar-refractivity contribution in [2.45, 2.75) is 50.1 Å². The monoisotopic (exact) mass is 414 g/mol. The van der Waals surface area contributed by atoms with Crippen molar-refractivity contribution in [3.8, 4) is 0 Å². The molecule has 2 heterocycles. The molecule has 2 atom stereocenters. The van der Waals surface area contributed by atoms with Crippen molar-refractivity contribution >= 4 is 33.3 Å². The van der Waals surface area contributed by atoms with E-state index in [0.29, 0.717) is 17.6 Å². The predicted molar refractivity (Wildman–Crippen MR) is 116 cm³/mol. The second kappa shape index (κ2) is 7.84. The van der Waals surface area contributed by atoms with Crippen LogP contribution in [0.3, 0.4) is 0 Å². The zero-order valence-corrected chi connectivity index (χ0v) is 17.7. The summed E-state index contributed by atoms with van der Waals surface area (Å²) < 4.78 is 15.0. The van der Waals surface area contributed by atoms with Gasteiger partial charge in [-0.3, -0.25) is 9.36 Å². The van der Waals surface area contributed by atoms with Crippen molar-refractivity contribution in [3.63, 3.8) is 0 Å². The molecule has 0 amide bonds. The number of halogens is 1. The molecule has 6 heteroatoms. The number of thiophene rings is 1. The van der Waals surface area contributed by atoms with Gasteiger partial charge in [-0.1, -0.05) is 36.9 Å². The van der Waals surface area contributed by atoms with Crippen molar-refractivity contribution in [1.29, 1.82) is 0 Å². The van der Waals surface area contributed by atoms with E-state index in [-0.39, 0.29) is 16.6 Å². The lowest BCUT2D eigenvalue weighted by Crippen LogP contribution is -2.23. The summed E-state index contributed by atoms with van der Waals surface area (Å²) in [6.45, 7) is 8.56. The van der Waals surface area contributed by atoms with Gasteiger partial charge in [0.15, 0.2) is 5.16 Å². The Morgan fingerprint density at radius 1 is 1.43 bits per heavy atom. The molecule has 0 fully saturated rings. The van der Waals surface area contributed by atoms with Crippen LogP contribution in [-0.2, 0) is 19.4 Å². The molecule has 1 aromatic carbocycles. The summed E-state index contributed by atoms with van der Waals surface area (Å²) >= 11 is 3.20. The molecular weight excluding hydrogens is 391 g/mol. The van der Waals surface area contributed by atoms with Gasteiger partial charge in [-0.25, -0.2) is 9.37 Å². The van der Waals surface area contributed by atoms with E-state index in [9.17, 15) is 9.18 Å². The third-order valence-corrected chi connectivity index (χ3v) is 7.61. The maximum absolute atomic E-state index is 13.3. The summed E-state index contributed by atoms with van der Waals surface area (Å²) in [7, 11) is 0. The molecule has 2 aromatic heterocycles. The van der Waals surface area contributed by atoms with Gasteiger partial charge in [0.05, 0.1) is 5.39 Å². The Kier molecular flexibility index (Phi) is 5.43. The number of hydrogen-bond donors (Lipinski definition) is 0. The second-order valence-electron chi connectivity index (χ2n) is 7.44. The highest BCUT2D eigenvalue weighted by atomic mass is 32.2. The minimum absolute atomic E-state index is 0.0331. The van der Waals surface area contributed by atoms with Crippen molar-refractivity contribution in [3.05, 3.63) is 69.1 Å². The molecule has 3 nitrogen and oxygen atoms in total. The fraction of sp³-hybridized carbons (Fsp3) is 0.364. The lowest BCUT2D eigenvalue weighted by Gasteiger charge is -2.18. The van der Waals surface area contributed by atoms with E-state index in [1.807, 2.05) is 6.92 Å². The van der Waals surface area contributed by atoms with Gasteiger partial charge in [0.2, 0.25) is 0 Å². The quantitative estimate of drug-likeness (QED) is 0.302. The van der Waals surface area contributed by atoms with Crippen LogP contribution in [0.4, 0.5) is 4.39 Å². The third kappa shape index (κ3) is 3.55.